The summed E-state index contributed by atoms with van der Waals surface area (Å²) in [6.45, 7) is 3.57. The molecule has 31 heavy (non-hydrogen) atoms. The molecule has 8 heteroatoms. The molecule has 0 saturated carbocycles. The maximum atomic E-state index is 13.4. The lowest BCUT2D eigenvalue weighted by molar-refractivity contribution is -0.133. The van der Waals surface area contributed by atoms with Gasteiger partial charge in [-0.25, -0.2) is 14.2 Å². The molecule has 2 aromatic rings. The van der Waals surface area contributed by atoms with Crippen molar-refractivity contribution in [2.75, 3.05) is 20.7 Å². The number of urea groups is 1. The smallest absolute Gasteiger partial charge is 0.317 e. The van der Waals surface area contributed by atoms with Crippen molar-refractivity contribution in [3.8, 4) is 5.75 Å². The molecular formula is C23H27FN4O3. The third-order valence-electron chi connectivity index (χ3n) is 4.95. The Balaban J connectivity index is 1.87. The molecule has 1 heterocycles. The number of rotatable bonds is 6. The Morgan fingerprint density at radius 3 is 2.61 bits per heavy atom. The number of amides is 3. The van der Waals surface area contributed by atoms with Gasteiger partial charge in [0.2, 0.25) is 0 Å². The van der Waals surface area contributed by atoms with Crippen molar-refractivity contribution in [1.82, 2.24) is 15.2 Å². The van der Waals surface area contributed by atoms with Crippen molar-refractivity contribution < 1.29 is 18.7 Å². The maximum Gasteiger partial charge on any atom is 0.317 e. The van der Waals surface area contributed by atoms with Crippen molar-refractivity contribution in [1.29, 1.82) is 0 Å². The van der Waals surface area contributed by atoms with E-state index in [2.05, 4.69) is 10.4 Å². The van der Waals surface area contributed by atoms with E-state index in [4.69, 9.17) is 4.74 Å². The molecule has 0 fully saturated rings. The van der Waals surface area contributed by atoms with E-state index >= 15 is 0 Å². The first-order chi connectivity index (χ1) is 14.8. The predicted molar refractivity (Wildman–Crippen MR) is 116 cm³/mol. The minimum absolute atomic E-state index is 0.0403. The van der Waals surface area contributed by atoms with Gasteiger partial charge in [0.15, 0.2) is 0 Å². The lowest BCUT2D eigenvalue weighted by Crippen LogP contribution is -2.45. The summed E-state index contributed by atoms with van der Waals surface area (Å²) in [4.78, 5) is 26.6. The van der Waals surface area contributed by atoms with E-state index in [1.165, 1.54) is 22.0 Å². The molecule has 0 unspecified atom stereocenters. The number of methoxy groups -OCH3 is 1. The second-order valence-corrected chi connectivity index (χ2v) is 7.75. The van der Waals surface area contributed by atoms with Gasteiger partial charge in [0.1, 0.15) is 18.1 Å². The zero-order valence-corrected chi connectivity index (χ0v) is 18.1. The molecule has 0 saturated heterocycles. The van der Waals surface area contributed by atoms with Gasteiger partial charge in [-0.1, -0.05) is 24.3 Å². The minimum Gasteiger partial charge on any atom is -0.497 e. The fourth-order valence-corrected chi connectivity index (χ4v) is 3.37. The van der Waals surface area contributed by atoms with Crippen LogP contribution in [0.2, 0.25) is 0 Å². The first kappa shape index (κ1) is 22.3. The van der Waals surface area contributed by atoms with Crippen molar-refractivity contribution in [3.05, 3.63) is 65.5 Å². The Labute approximate surface area is 181 Å². The van der Waals surface area contributed by atoms with Gasteiger partial charge in [0, 0.05) is 25.1 Å². The molecule has 3 rings (SSSR count). The largest absolute Gasteiger partial charge is 0.497 e. The molecule has 3 amide bonds. The van der Waals surface area contributed by atoms with Crippen LogP contribution in [-0.2, 0) is 4.79 Å². The van der Waals surface area contributed by atoms with Crippen LogP contribution >= 0.6 is 0 Å². The maximum absolute atomic E-state index is 13.4. The van der Waals surface area contributed by atoms with Crippen LogP contribution in [0.4, 0.5) is 9.18 Å². The molecular weight excluding hydrogens is 399 g/mol. The fraction of sp³-hybridized carbons (Fsp3) is 0.348. The van der Waals surface area contributed by atoms with Crippen LogP contribution < -0.4 is 10.1 Å². The number of likely N-dealkylation sites (N-methyl/N-ethyl adjacent to an activating group) is 1. The summed E-state index contributed by atoms with van der Waals surface area (Å²) in [5.74, 6) is 0.0145. The Morgan fingerprint density at radius 1 is 1.26 bits per heavy atom. The van der Waals surface area contributed by atoms with Gasteiger partial charge in [0.05, 0.1) is 18.9 Å². The summed E-state index contributed by atoms with van der Waals surface area (Å²) in [5.41, 5.74) is 2.33. The Hall–Kier alpha value is -3.42. The number of nitrogens with one attached hydrogen (secondary N) is 1. The molecule has 0 aliphatic carbocycles. The number of halogens is 1. The Bertz CT molecular complexity index is 975. The third kappa shape index (κ3) is 5.39. The molecule has 1 aliphatic heterocycles. The van der Waals surface area contributed by atoms with Crippen LogP contribution in [0, 0.1) is 5.82 Å². The summed E-state index contributed by atoms with van der Waals surface area (Å²) in [6, 6.07) is 12.7. The first-order valence-corrected chi connectivity index (χ1v) is 10.1. The monoisotopic (exact) mass is 426 g/mol. The van der Waals surface area contributed by atoms with Gasteiger partial charge in [-0.3, -0.25) is 4.79 Å². The van der Waals surface area contributed by atoms with Crippen LogP contribution in [0.3, 0.4) is 0 Å². The summed E-state index contributed by atoms with van der Waals surface area (Å²) in [5, 5.41) is 8.73. The lowest BCUT2D eigenvalue weighted by atomic mass is 9.98. The van der Waals surface area contributed by atoms with E-state index in [0.717, 1.165) is 16.8 Å². The van der Waals surface area contributed by atoms with Crippen molar-refractivity contribution in [2.24, 2.45) is 5.10 Å². The van der Waals surface area contributed by atoms with Crippen molar-refractivity contribution >= 4 is 17.6 Å². The second kappa shape index (κ2) is 9.59. The minimum atomic E-state index is -0.393. The van der Waals surface area contributed by atoms with Crippen LogP contribution in [0.1, 0.15) is 37.4 Å². The van der Waals surface area contributed by atoms with Gasteiger partial charge in [0.25, 0.3) is 5.91 Å². The van der Waals surface area contributed by atoms with Crippen LogP contribution in [0.15, 0.2) is 53.6 Å². The number of carbonyl (C=O) groups is 2. The topological polar surface area (TPSA) is 74.2 Å². The molecule has 2 aromatic carbocycles. The van der Waals surface area contributed by atoms with Gasteiger partial charge in [-0.05, 0) is 43.7 Å². The highest BCUT2D eigenvalue weighted by Gasteiger charge is 2.34. The van der Waals surface area contributed by atoms with Gasteiger partial charge in [-0.2, -0.15) is 5.10 Å². The lowest BCUT2D eigenvalue weighted by Gasteiger charge is -2.25. The Morgan fingerprint density at radius 2 is 1.97 bits per heavy atom. The van der Waals surface area contributed by atoms with E-state index in [1.807, 2.05) is 38.1 Å². The van der Waals surface area contributed by atoms with E-state index in [0.29, 0.717) is 12.2 Å². The highest BCUT2D eigenvalue weighted by Crippen LogP contribution is 2.33. The third-order valence-corrected chi connectivity index (χ3v) is 4.95. The second-order valence-electron chi connectivity index (χ2n) is 7.75. The summed E-state index contributed by atoms with van der Waals surface area (Å²) in [7, 11) is 3.15. The zero-order chi connectivity index (χ0) is 22.5. The number of nitrogens with zero attached hydrogens (tertiary/aromatic N) is 3. The Kier molecular flexibility index (Phi) is 6.89. The van der Waals surface area contributed by atoms with E-state index in [9.17, 15) is 14.0 Å². The predicted octanol–water partition coefficient (Wildman–Crippen LogP) is 3.56. The molecule has 1 aliphatic rings. The summed E-state index contributed by atoms with van der Waals surface area (Å²) >= 11 is 0. The zero-order valence-electron chi connectivity index (χ0n) is 18.1. The van der Waals surface area contributed by atoms with Crippen LogP contribution in [0.25, 0.3) is 0 Å². The van der Waals surface area contributed by atoms with E-state index in [-0.39, 0.29) is 30.3 Å². The summed E-state index contributed by atoms with van der Waals surface area (Å²) < 4.78 is 18.7. The molecule has 7 nitrogen and oxygen atoms in total. The van der Waals surface area contributed by atoms with Crippen LogP contribution in [-0.4, -0.2) is 54.3 Å². The average Bonchev–Trinajstić information content (AvgIpc) is 3.19. The molecule has 1 atom stereocenters. The molecule has 0 aromatic heterocycles. The normalized spacial score (nSPS) is 15.6. The molecule has 1 N–H and O–H groups in total. The number of hydrazone groups is 1. The highest BCUT2D eigenvalue weighted by molar-refractivity contribution is 6.03. The number of hydrogen-bond acceptors (Lipinski definition) is 4. The van der Waals surface area contributed by atoms with Gasteiger partial charge in [-0.15, -0.1) is 0 Å². The molecule has 164 valence electrons. The van der Waals surface area contributed by atoms with Gasteiger partial charge >= 0.3 is 6.03 Å². The fourth-order valence-electron chi connectivity index (χ4n) is 3.37. The summed E-state index contributed by atoms with van der Waals surface area (Å²) in [6.07, 6.45) is 0.465. The average molecular weight is 426 g/mol. The number of hydrogen-bond donors (Lipinski definition) is 1. The number of carbonyl (C=O) groups excluding carboxylic acids is 2. The van der Waals surface area contributed by atoms with Crippen molar-refractivity contribution in [2.45, 2.75) is 32.4 Å². The van der Waals surface area contributed by atoms with E-state index in [1.54, 1.807) is 26.3 Å². The van der Waals surface area contributed by atoms with E-state index < -0.39 is 6.04 Å². The standard InChI is InChI=1S/C23H27FN4O3/c1-15(2)25-23(30)27(3)14-22(29)28-21(16-8-10-18(24)11-9-16)13-20(26-28)17-6-5-7-19(12-17)31-4/h5-12,15,21H,13-14H2,1-4H3,(H,25,30)/t21-/m1/s1. The van der Waals surface area contributed by atoms with Crippen molar-refractivity contribution in [3.63, 3.8) is 0 Å². The molecule has 0 bridgehead atoms. The first-order valence-electron chi connectivity index (χ1n) is 10.1. The quantitative estimate of drug-likeness (QED) is 0.768. The molecule has 0 radical (unpaired) electrons. The number of benzene rings is 2. The molecule has 0 spiro atoms. The van der Waals surface area contributed by atoms with Crippen LogP contribution in [0.5, 0.6) is 5.75 Å². The highest BCUT2D eigenvalue weighted by atomic mass is 19.1. The number of ether oxygens (including phenoxy) is 1. The van der Waals surface area contributed by atoms with Gasteiger partial charge < -0.3 is 15.0 Å². The SMILES string of the molecule is COc1cccc(C2=NN(C(=O)CN(C)C(=O)NC(C)C)[C@@H](c3ccc(F)cc3)C2)c1.